The Kier molecular flexibility index (Phi) is 11.1. The van der Waals surface area contributed by atoms with Crippen LogP contribution in [0, 0.1) is 12.8 Å². The van der Waals surface area contributed by atoms with Gasteiger partial charge in [-0.1, -0.05) is 26.0 Å². The van der Waals surface area contributed by atoms with E-state index >= 15 is 0 Å². The Morgan fingerprint density at radius 3 is 2.59 bits per heavy atom. The van der Waals surface area contributed by atoms with Crippen molar-refractivity contribution in [1.82, 2.24) is 10.6 Å². The molecule has 0 saturated heterocycles. The summed E-state index contributed by atoms with van der Waals surface area (Å²) >= 11 is 0. The van der Waals surface area contributed by atoms with Crippen LogP contribution in [0.4, 0.5) is 0 Å². The highest BCUT2D eigenvalue weighted by molar-refractivity contribution is 14.0. The number of halogens is 1. The van der Waals surface area contributed by atoms with E-state index in [0.717, 1.165) is 42.3 Å². The van der Waals surface area contributed by atoms with Gasteiger partial charge in [0.15, 0.2) is 5.96 Å². The van der Waals surface area contributed by atoms with Gasteiger partial charge in [0.25, 0.3) is 0 Å². The maximum atomic E-state index is 5.35. The summed E-state index contributed by atoms with van der Waals surface area (Å²) in [5.74, 6) is 2.49. The molecule has 0 atom stereocenters. The lowest BCUT2D eigenvalue weighted by Gasteiger charge is -2.12. The Morgan fingerprint density at radius 1 is 1.27 bits per heavy atom. The predicted octanol–water partition coefficient (Wildman–Crippen LogP) is 3.72. The number of rotatable bonds is 7. The molecule has 0 aliphatic carbocycles. The van der Waals surface area contributed by atoms with Crippen LogP contribution in [-0.4, -0.2) is 26.2 Å². The molecule has 0 spiro atoms. The van der Waals surface area contributed by atoms with Crippen LogP contribution >= 0.6 is 24.0 Å². The van der Waals surface area contributed by atoms with Crippen molar-refractivity contribution < 1.29 is 4.74 Å². The first kappa shape index (κ1) is 21.0. The minimum atomic E-state index is 0. The molecule has 1 rings (SSSR count). The number of guanidine groups is 1. The Balaban J connectivity index is 0.00000441. The van der Waals surface area contributed by atoms with Gasteiger partial charge in [-0.3, -0.25) is 0 Å². The molecule has 1 aromatic carbocycles. The molecular weight excluding hydrogens is 389 g/mol. The number of nitrogens with zero attached hydrogens (tertiary/aromatic N) is 1. The van der Waals surface area contributed by atoms with E-state index < -0.39 is 0 Å². The lowest BCUT2D eigenvalue weighted by atomic mass is 10.1. The number of nitrogens with one attached hydrogen (secondary N) is 2. The maximum Gasteiger partial charge on any atom is 0.191 e. The van der Waals surface area contributed by atoms with Crippen molar-refractivity contribution >= 4 is 29.9 Å². The second-order valence-corrected chi connectivity index (χ2v) is 5.61. The van der Waals surface area contributed by atoms with Gasteiger partial charge >= 0.3 is 0 Å². The summed E-state index contributed by atoms with van der Waals surface area (Å²) in [4.78, 5) is 4.62. The average molecular weight is 419 g/mol. The van der Waals surface area contributed by atoms with Crippen LogP contribution in [-0.2, 0) is 6.54 Å². The van der Waals surface area contributed by atoms with E-state index in [4.69, 9.17) is 4.74 Å². The first-order chi connectivity index (χ1) is 10.1. The summed E-state index contributed by atoms with van der Waals surface area (Å²) in [6.45, 7) is 11.0. The summed E-state index contributed by atoms with van der Waals surface area (Å²) in [6.07, 6.45) is 1.14. The minimum Gasteiger partial charge on any atom is -0.496 e. The number of ether oxygens (including phenoxy) is 1. The van der Waals surface area contributed by atoms with Crippen molar-refractivity contribution in [2.24, 2.45) is 10.9 Å². The lowest BCUT2D eigenvalue weighted by Crippen LogP contribution is -2.38. The van der Waals surface area contributed by atoms with E-state index in [1.165, 1.54) is 0 Å². The predicted molar refractivity (Wildman–Crippen MR) is 105 cm³/mol. The van der Waals surface area contributed by atoms with Crippen molar-refractivity contribution in [2.45, 2.75) is 40.7 Å². The Morgan fingerprint density at radius 2 is 2.00 bits per heavy atom. The fraction of sp³-hybridized carbons (Fsp3) is 0.588. The van der Waals surface area contributed by atoms with Crippen molar-refractivity contribution in [2.75, 3.05) is 20.2 Å². The fourth-order valence-corrected chi connectivity index (χ4v) is 1.95. The summed E-state index contributed by atoms with van der Waals surface area (Å²) in [6, 6.07) is 6.22. The minimum absolute atomic E-state index is 0. The number of aliphatic imine (C=N–C) groups is 1. The molecule has 0 amide bonds. The van der Waals surface area contributed by atoms with Crippen LogP contribution in [0.3, 0.4) is 0 Å². The Hall–Kier alpha value is -0.980. The second kappa shape index (κ2) is 11.6. The quantitative estimate of drug-likeness (QED) is 0.402. The van der Waals surface area contributed by atoms with Gasteiger partial charge in [0.2, 0.25) is 0 Å². The normalized spacial score (nSPS) is 11.1. The Bertz CT molecular complexity index is 461. The number of hydrogen-bond acceptors (Lipinski definition) is 2. The monoisotopic (exact) mass is 419 g/mol. The average Bonchev–Trinajstić information content (AvgIpc) is 2.45. The number of benzene rings is 1. The highest BCUT2D eigenvalue weighted by Crippen LogP contribution is 2.19. The zero-order valence-corrected chi connectivity index (χ0v) is 16.7. The molecule has 0 aliphatic rings. The van der Waals surface area contributed by atoms with Crippen molar-refractivity contribution in [3.05, 3.63) is 29.3 Å². The van der Waals surface area contributed by atoms with Crippen molar-refractivity contribution in [3.63, 3.8) is 0 Å². The van der Waals surface area contributed by atoms with E-state index in [1.807, 2.05) is 6.92 Å². The van der Waals surface area contributed by atoms with Gasteiger partial charge in [-0.25, -0.2) is 4.99 Å². The van der Waals surface area contributed by atoms with Crippen LogP contribution in [0.5, 0.6) is 5.75 Å². The van der Waals surface area contributed by atoms with Crippen LogP contribution in [0.15, 0.2) is 23.2 Å². The van der Waals surface area contributed by atoms with E-state index in [2.05, 4.69) is 54.6 Å². The largest absolute Gasteiger partial charge is 0.496 e. The van der Waals surface area contributed by atoms with Crippen LogP contribution in [0.2, 0.25) is 0 Å². The molecule has 0 radical (unpaired) electrons. The molecule has 2 N–H and O–H groups in total. The second-order valence-electron chi connectivity index (χ2n) is 5.61. The van der Waals surface area contributed by atoms with Gasteiger partial charge in [-0.15, -0.1) is 24.0 Å². The molecular formula is C17H30IN3O. The maximum absolute atomic E-state index is 5.35. The van der Waals surface area contributed by atoms with Gasteiger partial charge < -0.3 is 15.4 Å². The highest BCUT2D eigenvalue weighted by atomic mass is 127. The summed E-state index contributed by atoms with van der Waals surface area (Å²) in [5.41, 5.74) is 2.30. The van der Waals surface area contributed by atoms with E-state index in [9.17, 15) is 0 Å². The SMILES string of the molecule is CCNC(=NCc1ccc(C)c(OC)c1)NCCC(C)C.I. The van der Waals surface area contributed by atoms with Gasteiger partial charge in [-0.05, 0) is 43.4 Å². The third kappa shape index (κ3) is 7.87. The van der Waals surface area contributed by atoms with Crippen molar-refractivity contribution in [1.29, 1.82) is 0 Å². The smallest absolute Gasteiger partial charge is 0.191 e. The first-order valence-electron chi connectivity index (χ1n) is 7.72. The summed E-state index contributed by atoms with van der Waals surface area (Å²) < 4.78 is 5.35. The first-order valence-corrected chi connectivity index (χ1v) is 7.72. The number of methoxy groups -OCH3 is 1. The highest BCUT2D eigenvalue weighted by Gasteiger charge is 2.02. The van der Waals surface area contributed by atoms with Gasteiger partial charge in [0, 0.05) is 13.1 Å². The Labute approximate surface area is 152 Å². The molecule has 5 heteroatoms. The van der Waals surface area contributed by atoms with E-state index in [0.29, 0.717) is 12.5 Å². The van der Waals surface area contributed by atoms with E-state index in [-0.39, 0.29) is 24.0 Å². The molecule has 0 unspecified atom stereocenters. The topological polar surface area (TPSA) is 45.7 Å². The van der Waals surface area contributed by atoms with Gasteiger partial charge in [0.05, 0.1) is 13.7 Å². The number of hydrogen-bond donors (Lipinski definition) is 2. The zero-order chi connectivity index (χ0) is 15.7. The standard InChI is InChI=1S/C17H29N3O.HI/c1-6-18-17(19-10-9-13(2)3)20-12-15-8-7-14(4)16(11-15)21-5;/h7-8,11,13H,6,9-10,12H2,1-5H3,(H2,18,19,20);1H. The molecule has 0 heterocycles. The molecule has 1 aromatic rings. The summed E-state index contributed by atoms with van der Waals surface area (Å²) in [7, 11) is 1.70. The third-order valence-corrected chi connectivity index (χ3v) is 3.25. The lowest BCUT2D eigenvalue weighted by molar-refractivity contribution is 0.411. The van der Waals surface area contributed by atoms with Gasteiger partial charge in [-0.2, -0.15) is 0 Å². The van der Waals surface area contributed by atoms with Crippen LogP contribution in [0.1, 0.15) is 38.3 Å². The molecule has 0 aromatic heterocycles. The van der Waals surface area contributed by atoms with Crippen LogP contribution in [0.25, 0.3) is 0 Å². The third-order valence-electron chi connectivity index (χ3n) is 3.25. The molecule has 0 aliphatic heterocycles. The molecule has 0 bridgehead atoms. The van der Waals surface area contributed by atoms with Gasteiger partial charge in [0.1, 0.15) is 5.75 Å². The molecule has 126 valence electrons. The molecule has 4 nitrogen and oxygen atoms in total. The molecule has 0 saturated carbocycles. The zero-order valence-electron chi connectivity index (χ0n) is 14.4. The van der Waals surface area contributed by atoms with Crippen LogP contribution < -0.4 is 15.4 Å². The molecule has 22 heavy (non-hydrogen) atoms. The number of aryl methyl sites for hydroxylation is 1. The summed E-state index contributed by atoms with van der Waals surface area (Å²) in [5, 5.41) is 6.64. The van der Waals surface area contributed by atoms with Crippen molar-refractivity contribution in [3.8, 4) is 5.75 Å². The fourth-order valence-electron chi connectivity index (χ4n) is 1.95. The van der Waals surface area contributed by atoms with E-state index in [1.54, 1.807) is 7.11 Å². The molecule has 0 fully saturated rings.